The molecule has 1 aliphatic rings. The Hall–Kier alpha value is -2.73. The van der Waals surface area contributed by atoms with E-state index >= 15 is 0 Å². The number of carbonyl (C=O) groups is 1. The van der Waals surface area contributed by atoms with Crippen molar-refractivity contribution in [3.05, 3.63) is 54.1 Å². The van der Waals surface area contributed by atoms with Crippen LogP contribution in [0.3, 0.4) is 0 Å². The van der Waals surface area contributed by atoms with Crippen LogP contribution in [0.2, 0.25) is 0 Å². The second kappa shape index (κ2) is 9.46. The van der Waals surface area contributed by atoms with E-state index in [-0.39, 0.29) is 0 Å². The van der Waals surface area contributed by atoms with E-state index in [4.69, 9.17) is 4.74 Å². The molecule has 1 fully saturated rings. The average molecular weight is 383 g/mol. The summed E-state index contributed by atoms with van der Waals surface area (Å²) < 4.78 is 5.61. The topological polar surface area (TPSA) is 56.2 Å². The zero-order valence-corrected chi connectivity index (χ0v) is 16.7. The first-order valence-corrected chi connectivity index (χ1v) is 9.85. The van der Waals surface area contributed by atoms with Crippen LogP contribution in [0.5, 0.6) is 5.75 Å². The third-order valence-electron chi connectivity index (χ3n) is 5.16. The molecule has 1 amide bonds. The maximum absolute atomic E-state index is 11.8. The van der Waals surface area contributed by atoms with Crippen molar-refractivity contribution in [2.75, 3.05) is 55.7 Å². The van der Waals surface area contributed by atoms with Crippen LogP contribution in [-0.4, -0.2) is 62.0 Å². The number of ether oxygens (including phenoxy) is 1. The van der Waals surface area contributed by atoms with Crippen molar-refractivity contribution in [2.24, 2.45) is 0 Å². The molecule has 150 valence electrons. The molecule has 0 aliphatic carbocycles. The van der Waals surface area contributed by atoms with Gasteiger partial charge in [-0.1, -0.05) is 30.3 Å². The third-order valence-corrected chi connectivity index (χ3v) is 5.16. The molecule has 0 saturated carbocycles. The van der Waals surface area contributed by atoms with Gasteiger partial charge in [-0.05, 0) is 37.6 Å². The SMILES string of the molecule is CCOc1ccccc1N(CCN1CCN(c2ccccc2C)CC1)C(=O)O. The summed E-state index contributed by atoms with van der Waals surface area (Å²) in [5.41, 5.74) is 3.19. The predicted molar refractivity (Wildman–Crippen MR) is 113 cm³/mol. The Kier molecular flexibility index (Phi) is 6.76. The Labute approximate surface area is 166 Å². The number of nitrogens with zero attached hydrogens (tertiary/aromatic N) is 3. The van der Waals surface area contributed by atoms with Gasteiger partial charge in [-0.2, -0.15) is 0 Å². The summed E-state index contributed by atoms with van der Waals surface area (Å²) in [7, 11) is 0. The fourth-order valence-electron chi connectivity index (χ4n) is 3.65. The molecule has 0 spiro atoms. The first kappa shape index (κ1) is 20.0. The molecule has 3 rings (SSSR count). The van der Waals surface area contributed by atoms with Gasteiger partial charge in [-0.3, -0.25) is 9.80 Å². The highest BCUT2D eigenvalue weighted by molar-refractivity contribution is 5.88. The standard InChI is InChI=1S/C22H29N3O3/c1-3-28-21-11-7-6-10-20(21)25(22(26)27)17-14-23-12-15-24(16-13-23)19-9-5-4-8-18(19)2/h4-11H,3,12-17H2,1-2H3,(H,26,27). The molecule has 1 saturated heterocycles. The highest BCUT2D eigenvalue weighted by atomic mass is 16.5. The number of carboxylic acid groups (broad SMARTS) is 1. The molecule has 28 heavy (non-hydrogen) atoms. The van der Waals surface area contributed by atoms with Crippen LogP contribution < -0.4 is 14.5 Å². The summed E-state index contributed by atoms with van der Waals surface area (Å²) in [6, 6.07) is 15.8. The van der Waals surface area contributed by atoms with Gasteiger partial charge in [0, 0.05) is 45.0 Å². The summed E-state index contributed by atoms with van der Waals surface area (Å²) in [5.74, 6) is 0.608. The molecule has 0 aromatic heterocycles. The number of benzene rings is 2. The average Bonchev–Trinajstić information content (AvgIpc) is 2.70. The van der Waals surface area contributed by atoms with E-state index < -0.39 is 6.09 Å². The minimum Gasteiger partial charge on any atom is -0.492 e. The van der Waals surface area contributed by atoms with Crippen molar-refractivity contribution in [1.82, 2.24) is 4.90 Å². The number of amides is 1. The van der Waals surface area contributed by atoms with Crippen molar-refractivity contribution in [2.45, 2.75) is 13.8 Å². The summed E-state index contributed by atoms with van der Waals surface area (Å²) in [6.45, 7) is 9.42. The lowest BCUT2D eigenvalue weighted by molar-refractivity contribution is 0.198. The quantitative estimate of drug-likeness (QED) is 0.790. The molecule has 2 aromatic carbocycles. The molecule has 0 radical (unpaired) electrons. The second-order valence-electron chi connectivity index (χ2n) is 6.95. The molecule has 2 aromatic rings. The Morgan fingerprint density at radius 1 is 1.07 bits per heavy atom. The van der Waals surface area contributed by atoms with Gasteiger partial charge in [0.15, 0.2) is 0 Å². The minimum atomic E-state index is -0.953. The number of rotatable bonds is 7. The van der Waals surface area contributed by atoms with Crippen molar-refractivity contribution in [3.63, 3.8) is 0 Å². The normalized spacial score (nSPS) is 14.7. The van der Waals surface area contributed by atoms with Gasteiger partial charge < -0.3 is 14.7 Å². The summed E-state index contributed by atoms with van der Waals surface area (Å²) in [4.78, 5) is 18.0. The largest absolute Gasteiger partial charge is 0.492 e. The molecule has 0 atom stereocenters. The van der Waals surface area contributed by atoms with Crippen LogP contribution in [0, 0.1) is 6.92 Å². The first-order chi connectivity index (χ1) is 13.6. The summed E-state index contributed by atoms with van der Waals surface area (Å²) >= 11 is 0. The van der Waals surface area contributed by atoms with E-state index in [0.717, 1.165) is 26.2 Å². The lowest BCUT2D eigenvalue weighted by Crippen LogP contribution is -2.49. The lowest BCUT2D eigenvalue weighted by Gasteiger charge is -2.37. The predicted octanol–water partition coefficient (Wildman–Crippen LogP) is 3.70. The fraction of sp³-hybridized carbons (Fsp3) is 0.409. The van der Waals surface area contributed by atoms with E-state index in [0.29, 0.717) is 31.1 Å². The number of anilines is 2. The number of aryl methyl sites for hydroxylation is 1. The Morgan fingerprint density at radius 3 is 2.43 bits per heavy atom. The minimum absolute atomic E-state index is 0.420. The van der Waals surface area contributed by atoms with Crippen LogP contribution in [0.4, 0.5) is 16.2 Å². The molecule has 0 unspecified atom stereocenters. The highest BCUT2D eigenvalue weighted by Gasteiger charge is 2.22. The third kappa shape index (κ3) is 4.75. The van der Waals surface area contributed by atoms with E-state index in [9.17, 15) is 9.90 Å². The maximum atomic E-state index is 11.8. The van der Waals surface area contributed by atoms with E-state index in [2.05, 4.69) is 41.0 Å². The Balaban J connectivity index is 1.59. The van der Waals surface area contributed by atoms with Crippen LogP contribution >= 0.6 is 0 Å². The van der Waals surface area contributed by atoms with Gasteiger partial charge in [0.2, 0.25) is 0 Å². The van der Waals surface area contributed by atoms with Gasteiger partial charge in [-0.15, -0.1) is 0 Å². The summed E-state index contributed by atoms with van der Waals surface area (Å²) in [6.07, 6.45) is -0.953. The Morgan fingerprint density at radius 2 is 1.75 bits per heavy atom. The molecular formula is C22H29N3O3. The van der Waals surface area contributed by atoms with Gasteiger partial charge in [0.05, 0.1) is 12.3 Å². The van der Waals surface area contributed by atoms with Gasteiger partial charge in [0.1, 0.15) is 5.75 Å². The maximum Gasteiger partial charge on any atom is 0.411 e. The van der Waals surface area contributed by atoms with E-state index in [1.165, 1.54) is 16.2 Å². The van der Waals surface area contributed by atoms with Crippen LogP contribution in [0.1, 0.15) is 12.5 Å². The van der Waals surface area contributed by atoms with Gasteiger partial charge >= 0.3 is 6.09 Å². The first-order valence-electron chi connectivity index (χ1n) is 9.85. The zero-order valence-electron chi connectivity index (χ0n) is 16.7. The van der Waals surface area contributed by atoms with Crippen molar-refractivity contribution >= 4 is 17.5 Å². The molecule has 1 N–H and O–H groups in total. The zero-order chi connectivity index (χ0) is 19.9. The lowest BCUT2D eigenvalue weighted by atomic mass is 10.1. The van der Waals surface area contributed by atoms with Crippen molar-refractivity contribution < 1.29 is 14.6 Å². The van der Waals surface area contributed by atoms with Crippen molar-refractivity contribution in [1.29, 1.82) is 0 Å². The van der Waals surface area contributed by atoms with E-state index in [1.807, 2.05) is 25.1 Å². The van der Waals surface area contributed by atoms with E-state index in [1.54, 1.807) is 6.07 Å². The molecule has 6 heteroatoms. The monoisotopic (exact) mass is 383 g/mol. The van der Waals surface area contributed by atoms with Crippen LogP contribution in [0.15, 0.2) is 48.5 Å². The molecule has 1 heterocycles. The van der Waals surface area contributed by atoms with Crippen LogP contribution in [-0.2, 0) is 0 Å². The highest BCUT2D eigenvalue weighted by Crippen LogP contribution is 2.28. The molecule has 6 nitrogen and oxygen atoms in total. The van der Waals surface area contributed by atoms with Gasteiger partial charge in [-0.25, -0.2) is 4.79 Å². The number of hydrogen-bond donors (Lipinski definition) is 1. The van der Waals surface area contributed by atoms with Crippen LogP contribution in [0.25, 0.3) is 0 Å². The molecule has 0 bridgehead atoms. The summed E-state index contributed by atoms with van der Waals surface area (Å²) in [5, 5.41) is 9.71. The second-order valence-corrected chi connectivity index (χ2v) is 6.95. The molecular weight excluding hydrogens is 354 g/mol. The number of para-hydroxylation sites is 3. The molecule has 1 aliphatic heterocycles. The van der Waals surface area contributed by atoms with Gasteiger partial charge in [0.25, 0.3) is 0 Å². The Bertz CT molecular complexity index is 788. The fourth-order valence-corrected chi connectivity index (χ4v) is 3.65. The number of piperazine rings is 1. The number of hydrogen-bond acceptors (Lipinski definition) is 4. The smallest absolute Gasteiger partial charge is 0.411 e. The van der Waals surface area contributed by atoms with Crippen molar-refractivity contribution in [3.8, 4) is 5.75 Å².